The van der Waals surface area contributed by atoms with Gasteiger partial charge in [0.2, 0.25) is 0 Å². The number of anilines is 3. The fourth-order valence-corrected chi connectivity index (χ4v) is 14.4. The van der Waals surface area contributed by atoms with Gasteiger partial charge in [-0.2, -0.15) is 0 Å². The van der Waals surface area contributed by atoms with Gasteiger partial charge >= 0.3 is 0 Å². The van der Waals surface area contributed by atoms with E-state index < -0.39 is 5.41 Å². The molecule has 14 aromatic rings. The van der Waals surface area contributed by atoms with Crippen LogP contribution in [0.15, 0.2) is 253 Å². The molecule has 0 atom stereocenters. The molecule has 4 heteroatoms. The molecular formula is C67H41NOS2. The molecule has 0 N–H and O–H groups in total. The molecule has 11 aromatic carbocycles. The highest BCUT2D eigenvalue weighted by molar-refractivity contribution is 7.26. The molecule has 0 saturated heterocycles. The van der Waals surface area contributed by atoms with Gasteiger partial charge < -0.3 is 9.32 Å². The van der Waals surface area contributed by atoms with Crippen LogP contribution in [0.3, 0.4) is 0 Å². The molecule has 71 heavy (non-hydrogen) atoms. The van der Waals surface area contributed by atoms with Gasteiger partial charge in [0.15, 0.2) is 0 Å². The van der Waals surface area contributed by atoms with Crippen LogP contribution < -0.4 is 4.90 Å². The van der Waals surface area contributed by atoms with Crippen molar-refractivity contribution in [2.24, 2.45) is 0 Å². The third-order valence-electron chi connectivity index (χ3n) is 15.0. The van der Waals surface area contributed by atoms with Crippen molar-refractivity contribution in [3.63, 3.8) is 0 Å². The van der Waals surface area contributed by atoms with Crippen molar-refractivity contribution in [3.8, 4) is 33.4 Å². The third-order valence-corrected chi connectivity index (χ3v) is 17.4. The zero-order chi connectivity index (χ0) is 46.6. The van der Waals surface area contributed by atoms with Gasteiger partial charge in [0.05, 0.1) is 5.41 Å². The molecule has 0 fully saturated rings. The Morgan fingerprint density at radius 2 is 0.845 bits per heavy atom. The molecule has 15 rings (SSSR count). The average Bonchev–Trinajstić information content (AvgIpc) is 4.20. The van der Waals surface area contributed by atoms with Crippen molar-refractivity contribution in [2.75, 3.05) is 4.90 Å². The Kier molecular flexibility index (Phi) is 8.95. The van der Waals surface area contributed by atoms with Gasteiger partial charge in [0.25, 0.3) is 0 Å². The maximum atomic E-state index is 6.54. The van der Waals surface area contributed by atoms with Gasteiger partial charge in [-0.05, 0) is 99.1 Å². The first kappa shape index (κ1) is 40.4. The second kappa shape index (κ2) is 15.7. The minimum atomic E-state index is -0.532. The Morgan fingerprint density at radius 3 is 1.52 bits per heavy atom. The summed E-state index contributed by atoms with van der Waals surface area (Å²) in [6, 6.07) is 91.7. The number of hydrogen-bond acceptors (Lipinski definition) is 4. The molecule has 0 unspecified atom stereocenters. The first-order valence-corrected chi connectivity index (χ1v) is 25.9. The van der Waals surface area contributed by atoms with Crippen LogP contribution in [0.25, 0.3) is 95.7 Å². The van der Waals surface area contributed by atoms with E-state index in [1.165, 1.54) is 84.9 Å². The summed E-state index contributed by atoms with van der Waals surface area (Å²) >= 11 is 3.79. The van der Waals surface area contributed by atoms with E-state index in [-0.39, 0.29) is 0 Å². The van der Waals surface area contributed by atoms with Crippen LogP contribution in [0, 0.1) is 0 Å². The van der Waals surface area contributed by atoms with Crippen molar-refractivity contribution in [1.82, 2.24) is 0 Å². The summed E-state index contributed by atoms with van der Waals surface area (Å²) in [7, 11) is 0. The molecule has 332 valence electrons. The Morgan fingerprint density at radius 1 is 0.338 bits per heavy atom. The summed E-state index contributed by atoms with van der Waals surface area (Å²) in [6.45, 7) is 0. The number of rotatable bonds is 7. The van der Waals surface area contributed by atoms with Gasteiger partial charge in [-0.15, -0.1) is 22.7 Å². The van der Waals surface area contributed by atoms with Gasteiger partial charge in [0, 0.05) is 79.3 Å². The van der Waals surface area contributed by atoms with Crippen molar-refractivity contribution >= 4 is 102 Å². The van der Waals surface area contributed by atoms with Crippen LogP contribution in [-0.2, 0) is 5.41 Å². The highest BCUT2D eigenvalue weighted by Gasteiger charge is 2.47. The average molecular weight is 940 g/mol. The van der Waals surface area contributed by atoms with E-state index in [9.17, 15) is 0 Å². The van der Waals surface area contributed by atoms with Crippen LogP contribution in [0.4, 0.5) is 17.1 Å². The summed E-state index contributed by atoms with van der Waals surface area (Å²) in [4.78, 5) is 2.44. The highest BCUT2D eigenvalue weighted by atomic mass is 32.1. The first-order valence-electron chi connectivity index (χ1n) is 24.2. The smallest absolute Gasteiger partial charge is 0.143 e. The Balaban J connectivity index is 0.946. The lowest BCUT2D eigenvalue weighted by Crippen LogP contribution is -2.28. The number of benzene rings is 11. The Bertz CT molecular complexity index is 4190. The summed E-state index contributed by atoms with van der Waals surface area (Å²) in [5.41, 5.74) is 16.9. The molecule has 0 bridgehead atoms. The second-order valence-corrected chi connectivity index (χ2v) is 20.8. The zero-order valence-corrected chi connectivity index (χ0v) is 40.0. The number of thiophene rings is 2. The molecule has 1 aliphatic rings. The van der Waals surface area contributed by atoms with E-state index in [1.54, 1.807) is 0 Å². The van der Waals surface area contributed by atoms with Gasteiger partial charge in [-0.25, -0.2) is 0 Å². The van der Waals surface area contributed by atoms with E-state index in [0.717, 1.165) is 50.1 Å². The van der Waals surface area contributed by atoms with E-state index >= 15 is 0 Å². The van der Waals surface area contributed by atoms with E-state index in [4.69, 9.17) is 4.42 Å². The molecule has 2 nitrogen and oxygen atoms in total. The van der Waals surface area contributed by atoms with Crippen molar-refractivity contribution in [3.05, 3.63) is 271 Å². The molecule has 3 heterocycles. The standard InChI is InChI=1S/C67H41NOS2/c1-3-15-44(16-4-1)67(45-17-5-2-6-18-45)58-39-37-48(41-57(58)63-59(67)40-38-56-53-21-9-12-28-62(53)71-66(56)63)68(46-33-29-42(30-34-46)49-22-13-24-54-51-19-7-10-26-60(51)69-64(49)54)47-35-31-43(32-36-47)50-23-14-25-55-52-20-8-11-27-61(52)70-65(50)55/h1-41H. The molecule has 0 aliphatic heterocycles. The molecule has 0 radical (unpaired) electrons. The normalized spacial score (nSPS) is 12.9. The SMILES string of the molecule is c1ccc(C2(c3ccccc3)c3ccc(N(c4ccc(-c5cccc6c5oc5ccccc56)cc4)c4ccc(-c5cccc6c5sc5ccccc56)cc4)cc3-c3c2ccc2c3sc3ccccc32)cc1. The van der Waals surface area contributed by atoms with E-state index in [0.29, 0.717) is 0 Å². The van der Waals surface area contributed by atoms with E-state index in [2.05, 4.69) is 248 Å². The zero-order valence-electron chi connectivity index (χ0n) is 38.3. The molecule has 0 amide bonds. The number of fused-ring (bicyclic) bond motifs is 13. The minimum absolute atomic E-state index is 0.532. The predicted octanol–water partition coefficient (Wildman–Crippen LogP) is 19.5. The monoisotopic (exact) mass is 939 g/mol. The largest absolute Gasteiger partial charge is 0.455 e. The van der Waals surface area contributed by atoms with Gasteiger partial charge in [0.1, 0.15) is 11.2 Å². The van der Waals surface area contributed by atoms with Crippen molar-refractivity contribution < 1.29 is 4.42 Å². The Labute approximate surface area is 418 Å². The maximum Gasteiger partial charge on any atom is 0.143 e. The number of para-hydroxylation sites is 2. The minimum Gasteiger partial charge on any atom is -0.455 e. The summed E-state index contributed by atoms with van der Waals surface area (Å²) in [5.74, 6) is 0. The summed E-state index contributed by atoms with van der Waals surface area (Å²) < 4.78 is 11.8. The number of nitrogens with zero attached hydrogens (tertiary/aromatic N) is 1. The molecule has 3 aromatic heterocycles. The lowest BCUT2D eigenvalue weighted by molar-refractivity contribution is 0.670. The van der Waals surface area contributed by atoms with Crippen molar-refractivity contribution in [1.29, 1.82) is 0 Å². The molecule has 1 aliphatic carbocycles. The predicted molar refractivity (Wildman–Crippen MR) is 302 cm³/mol. The summed E-state index contributed by atoms with van der Waals surface area (Å²) in [5, 5.41) is 7.48. The molecule has 0 saturated carbocycles. The fourth-order valence-electron chi connectivity index (χ4n) is 11.9. The molecular weight excluding hydrogens is 899 g/mol. The highest BCUT2D eigenvalue weighted by Crippen LogP contribution is 2.60. The molecule has 0 spiro atoms. The lowest BCUT2D eigenvalue weighted by atomic mass is 9.67. The summed E-state index contributed by atoms with van der Waals surface area (Å²) in [6.07, 6.45) is 0. The number of hydrogen-bond donors (Lipinski definition) is 0. The van der Waals surface area contributed by atoms with Crippen LogP contribution in [-0.4, -0.2) is 0 Å². The number of furan rings is 1. The van der Waals surface area contributed by atoms with Crippen molar-refractivity contribution in [2.45, 2.75) is 5.41 Å². The van der Waals surface area contributed by atoms with Crippen LogP contribution in [0.5, 0.6) is 0 Å². The van der Waals surface area contributed by atoms with Crippen LogP contribution >= 0.6 is 22.7 Å². The maximum absolute atomic E-state index is 6.54. The fraction of sp³-hybridized carbons (Fsp3) is 0.0149. The lowest BCUT2D eigenvalue weighted by Gasteiger charge is -2.34. The topological polar surface area (TPSA) is 16.4 Å². The van der Waals surface area contributed by atoms with Gasteiger partial charge in [-0.1, -0.05) is 194 Å². The second-order valence-electron chi connectivity index (χ2n) is 18.7. The van der Waals surface area contributed by atoms with Gasteiger partial charge in [-0.3, -0.25) is 0 Å². The Hall–Kier alpha value is -8.54. The van der Waals surface area contributed by atoms with Crippen LogP contribution in [0.2, 0.25) is 0 Å². The van der Waals surface area contributed by atoms with Crippen LogP contribution in [0.1, 0.15) is 22.3 Å². The quantitative estimate of drug-likeness (QED) is 0.158. The van der Waals surface area contributed by atoms with E-state index in [1.807, 2.05) is 28.7 Å². The third kappa shape index (κ3) is 5.99. The first-order chi connectivity index (χ1) is 35.2.